The summed E-state index contributed by atoms with van der Waals surface area (Å²) in [5.41, 5.74) is 1.90. The van der Waals surface area contributed by atoms with Crippen LogP contribution in [0.25, 0.3) is 21.9 Å². The quantitative estimate of drug-likeness (QED) is 0.653. The first-order chi connectivity index (χ1) is 9.31. The molecule has 0 bridgehead atoms. The van der Waals surface area contributed by atoms with Gasteiger partial charge in [-0.1, -0.05) is 42.5 Å². The highest BCUT2D eigenvalue weighted by molar-refractivity contribution is 5.98. The van der Waals surface area contributed by atoms with Crippen LogP contribution >= 0.6 is 0 Å². The molecule has 3 aromatic carbocycles. The third kappa shape index (κ3) is 1.95. The molecular formula is C17H12FO. The van der Waals surface area contributed by atoms with Gasteiger partial charge in [-0.3, -0.25) is 0 Å². The van der Waals surface area contributed by atoms with E-state index in [1.54, 1.807) is 25.3 Å². The van der Waals surface area contributed by atoms with E-state index in [0.29, 0.717) is 5.39 Å². The summed E-state index contributed by atoms with van der Waals surface area (Å²) in [6, 6.07) is 19.3. The fourth-order valence-electron chi connectivity index (χ4n) is 2.30. The third-order valence-corrected chi connectivity index (χ3v) is 3.21. The Hall–Kier alpha value is -2.35. The van der Waals surface area contributed by atoms with Crippen LogP contribution in [0.3, 0.4) is 0 Å². The van der Waals surface area contributed by atoms with Crippen molar-refractivity contribution in [3.05, 3.63) is 66.5 Å². The van der Waals surface area contributed by atoms with Gasteiger partial charge in [0.15, 0.2) is 0 Å². The molecule has 0 unspecified atom stereocenters. The van der Waals surface area contributed by atoms with Crippen LogP contribution in [0, 0.1) is 11.9 Å². The molecule has 3 rings (SSSR count). The smallest absolute Gasteiger partial charge is 0.131 e. The molecule has 0 fully saturated rings. The van der Waals surface area contributed by atoms with Crippen LogP contribution in [0.15, 0.2) is 54.6 Å². The molecule has 19 heavy (non-hydrogen) atoms. The Labute approximate surface area is 111 Å². The zero-order valence-electron chi connectivity index (χ0n) is 10.5. The van der Waals surface area contributed by atoms with E-state index in [2.05, 4.69) is 6.07 Å². The first-order valence-electron chi connectivity index (χ1n) is 6.03. The molecule has 0 saturated heterocycles. The second-order valence-corrected chi connectivity index (χ2v) is 4.27. The van der Waals surface area contributed by atoms with E-state index in [0.717, 1.165) is 22.3 Å². The molecule has 0 saturated carbocycles. The maximum absolute atomic E-state index is 13.8. The molecule has 0 aliphatic heterocycles. The highest BCUT2D eigenvalue weighted by atomic mass is 19.1. The molecule has 0 spiro atoms. The van der Waals surface area contributed by atoms with Crippen LogP contribution in [0.5, 0.6) is 5.75 Å². The van der Waals surface area contributed by atoms with Gasteiger partial charge in [0.1, 0.15) is 11.6 Å². The molecule has 0 heterocycles. The lowest BCUT2D eigenvalue weighted by Gasteiger charge is -2.11. The second kappa shape index (κ2) is 4.73. The molecule has 0 aliphatic carbocycles. The first-order valence-corrected chi connectivity index (χ1v) is 6.03. The average Bonchev–Trinajstić information content (AvgIpc) is 2.48. The molecule has 1 radical (unpaired) electrons. The van der Waals surface area contributed by atoms with Crippen molar-refractivity contribution in [2.24, 2.45) is 0 Å². The van der Waals surface area contributed by atoms with E-state index in [9.17, 15) is 4.39 Å². The Kier molecular flexibility index (Phi) is 2.92. The summed E-state index contributed by atoms with van der Waals surface area (Å²) in [7, 11) is 1.62. The molecule has 2 heteroatoms. The lowest BCUT2D eigenvalue weighted by molar-refractivity contribution is 0.416. The third-order valence-electron chi connectivity index (χ3n) is 3.21. The number of ether oxygens (including phenoxy) is 1. The van der Waals surface area contributed by atoms with Gasteiger partial charge in [0.05, 0.1) is 7.11 Å². The predicted octanol–water partition coefficient (Wildman–Crippen LogP) is 4.45. The van der Waals surface area contributed by atoms with E-state index in [1.165, 1.54) is 6.07 Å². The number of hydrogen-bond acceptors (Lipinski definition) is 1. The largest absolute Gasteiger partial charge is 0.496 e. The number of halogens is 1. The minimum atomic E-state index is -0.208. The van der Waals surface area contributed by atoms with Crippen molar-refractivity contribution in [2.45, 2.75) is 0 Å². The Bertz CT molecular complexity index is 734. The van der Waals surface area contributed by atoms with Gasteiger partial charge in [-0.25, -0.2) is 4.39 Å². The molecule has 0 aliphatic rings. The van der Waals surface area contributed by atoms with Gasteiger partial charge in [-0.15, -0.1) is 0 Å². The fraction of sp³-hybridized carbons (Fsp3) is 0.0588. The van der Waals surface area contributed by atoms with Crippen molar-refractivity contribution in [1.29, 1.82) is 0 Å². The van der Waals surface area contributed by atoms with Gasteiger partial charge in [0, 0.05) is 10.9 Å². The van der Waals surface area contributed by atoms with Crippen molar-refractivity contribution in [1.82, 2.24) is 0 Å². The van der Waals surface area contributed by atoms with Gasteiger partial charge in [-0.05, 0) is 29.1 Å². The molecule has 0 aromatic heterocycles. The molecule has 0 amide bonds. The SMILES string of the molecule is COc1c[c]ccc1-c1ccc(F)c2ccccc12. The molecule has 3 aromatic rings. The molecular weight excluding hydrogens is 239 g/mol. The van der Waals surface area contributed by atoms with Crippen molar-refractivity contribution >= 4 is 10.8 Å². The number of fused-ring (bicyclic) bond motifs is 1. The highest BCUT2D eigenvalue weighted by Gasteiger charge is 2.10. The summed E-state index contributed by atoms with van der Waals surface area (Å²) in [6.07, 6.45) is 0. The summed E-state index contributed by atoms with van der Waals surface area (Å²) < 4.78 is 19.2. The van der Waals surface area contributed by atoms with Crippen LogP contribution in [-0.2, 0) is 0 Å². The monoisotopic (exact) mass is 251 g/mol. The number of rotatable bonds is 2. The zero-order chi connectivity index (χ0) is 13.2. The van der Waals surface area contributed by atoms with Gasteiger partial charge in [-0.2, -0.15) is 0 Å². The first kappa shape index (κ1) is 11.7. The topological polar surface area (TPSA) is 9.23 Å². The maximum Gasteiger partial charge on any atom is 0.131 e. The second-order valence-electron chi connectivity index (χ2n) is 4.27. The predicted molar refractivity (Wildman–Crippen MR) is 74.7 cm³/mol. The van der Waals surface area contributed by atoms with Gasteiger partial charge >= 0.3 is 0 Å². The number of hydrogen-bond donors (Lipinski definition) is 0. The van der Waals surface area contributed by atoms with Gasteiger partial charge in [0.25, 0.3) is 0 Å². The Balaban J connectivity index is 2.34. The molecule has 93 valence electrons. The number of benzene rings is 3. The van der Waals surface area contributed by atoms with Gasteiger partial charge < -0.3 is 4.74 Å². The Morgan fingerprint density at radius 1 is 0.947 bits per heavy atom. The lowest BCUT2D eigenvalue weighted by Crippen LogP contribution is -1.89. The van der Waals surface area contributed by atoms with Gasteiger partial charge in [0.2, 0.25) is 0 Å². The summed E-state index contributed by atoms with van der Waals surface area (Å²) in [5.74, 6) is 0.528. The van der Waals surface area contributed by atoms with Crippen LogP contribution in [0.4, 0.5) is 4.39 Å². The minimum absolute atomic E-state index is 0.208. The van der Waals surface area contributed by atoms with E-state index < -0.39 is 0 Å². The van der Waals surface area contributed by atoms with E-state index in [-0.39, 0.29) is 5.82 Å². The summed E-state index contributed by atoms with van der Waals surface area (Å²) in [4.78, 5) is 0. The summed E-state index contributed by atoms with van der Waals surface area (Å²) in [5, 5.41) is 1.50. The summed E-state index contributed by atoms with van der Waals surface area (Å²) >= 11 is 0. The van der Waals surface area contributed by atoms with Crippen molar-refractivity contribution < 1.29 is 9.13 Å². The average molecular weight is 251 g/mol. The van der Waals surface area contributed by atoms with E-state index in [4.69, 9.17) is 4.74 Å². The Morgan fingerprint density at radius 2 is 1.74 bits per heavy atom. The van der Waals surface area contributed by atoms with Crippen LogP contribution in [-0.4, -0.2) is 7.11 Å². The van der Waals surface area contributed by atoms with Crippen LogP contribution in [0.2, 0.25) is 0 Å². The zero-order valence-corrected chi connectivity index (χ0v) is 10.5. The van der Waals surface area contributed by atoms with Crippen LogP contribution in [0.1, 0.15) is 0 Å². The van der Waals surface area contributed by atoms with Crippen molar-refractivity contribution in [3.63, 3.8) is 0 Å². The fourth-order valence-corrected chi connectivity index (χ4v) is 2.30. The standard InChI is InChI=1S/C17H12FO/c1-19-17-9-5-4-8-15(17)13-10-11-16(18)14-7-3-2-6-12(13)14/h2-4,6-11H,1H3. The molecule has 0 atom stereocenters. The minimum Gasteiger partial charge on any atom is -0.496 e. The maximum atomic E-state index is 13.8. The van der Waals surface area contributed by atoms with Crippen LogP contribution < -0.4 is 4.74 Å². The van der Waals surface area contributed by atoms with E-state index >= 15 is 0 Å². The highest BCUT2D eigenvalue weighted by Crippen LogP contribution is 2.35. The summed E-state index contributed by atoms with van der Waals surface area (Å²) in [6.45, 7) is 0. The molecule has 1 nitrogen and oxygen atoms in total. The lowest BCUT2D eigenvalue weighted by atomic mass is 9.97. The number of methoxy groups -OCH3 is 1. The van der Waals surface area contributed by atoms with Crippen molar-refractivity contribution in [2.75, 3.05) is 7.11 Å². The van der Waals surface area contributed by atoms with Crippen molar-refractivity contribution in [3.8, 4) is 16.9 Å². The normalized spacial score (nSPS) is 10.6. The molecule has 0 N–H and O–H groups in total. The van der Waals surface area contributed by atoms with E-state index in [1.807, 2.05) is 30.3 Å². The Morgan fingerprint density at radius 3 is 2.53 bits per heavy atom.